The number of nitrogens with one attached hydrogen (secondary N) is 2. The summed E-state index contributed by atoms with van der Waals surface area (Å²) in [6.07, 6.45) is 5.44. The number of nitrogens with zero attached hydrogens (tertiary/aromatic N) is 3. The highest BCUT2D eigenvalue weighted by Crippen LogP contribution is 2.29. The van der Waals surface area contributed by atoms with Crippen molar-refractivity contribution in [3.8, 4) is 0 Å². The van der Waals surface area contributed by atoms with E-state index in [4.69, 9.17) is 0 Å². The first kappa shape index (κ1) is 23.4. The van der Waals surface area contributed by atoms with E-state index in [1.165, 1.54) is 12.0 Å². The molecule has 2 heterocycles. The van der Waals surface area contributed by atoms with Gasteiger partial charge in [-0.25, -0.2) is 0 Å². The highest BCUT2D eigenvalue weighted by atomic mass is 16.3. The Kier molecular flexibility index (Phi) is 6.86. The predicted molar refractivity (Wildman–Crippen MR) is 126 cm³/mol. The van der Waals surface area contributed by atoms with Crippen LogP contribution in [0.15, 0.2) is 30.3 Å². The number of aliphatic hydroxyl groups excluding tert-OH is 1. The second-order valence-electron chi connectivity index (χ2n) is 9.69. The molecule has 0 spiro atoms. The van der Waals surface area contributed by atoms with Gasteiger partial charge in [0, 0.05) is 25.7 Å². The second kappa shape index (κ2) is 9.65. The number of rotatable bonds is 7. The smallest absolute Gasteiger partial charge is 0.272 e. The monoisotopic (exact) mass is 453 g/mol. The standard InChI is InChI=1S/C25H35N5O3/c1-17-9-11-18(12-10-17)13-14-26-22(31)20-15-21-23(32)29(3)25(2,16-30(21)28-20)24(33)27-19-7-5-4-6-8-19/h9-12,15,19,24,27,33H,4-8,13-14,16H2,1-3H3,(H,26,31). The highest BCUT2D eigenvalue weighted by Gasteiger charge is 2.46. The average Bonchev–Trinajstić information content (AvgIpc) is 3.23. The minimum atomic E-state index is -0.890. The Morgan fingerprint density at radius 3 is 2.64 bits per heavy atom. The van der Waals surface area contributed by atoms with Crippen molar-refractivity contribution in [1.29, 1.82) is 0 Å². The first-order valence-corrected chi connectivity index (χ1v) is 11.9. The maximum Gasteiger partial charge on any atom is 0.272 e. The Hall–Kier alpha value is -2.71. The van der Waals surface area contributed by atoms with Gasteiger partial charge in [0.15, 0.2) is 5.69 Å². The Morgan fingerprint density at radius 1 is 1.24 bits per heavy atom. The van der Waals surface area contributed by atoms with Crippen LogP contribution < -0.4 is 10.6 Å². The summed E-state index contributed by atoms with van der Waals surface area (Å²) in [5.41, 5.74) is 2.06. The number of likely N-dealkylation sites (N-methyl/N-ethyl adjacent to an activating group) is 1. The third-order valence-corrected chi connectivity index (χ3v) is 7.18. The first-order valence-electron chi connectivity index (χ1n) is 11.9. The lowest BCUT2D eigenvalue weighted by atomic mass is 9.91. The zero-order valence-electron chi connectivity index (χ0n) is 19.8. The predicted octanol–water partition coefficient (Wildman–Crippen LogP) is 2.25. The van der Waals surface area contributed by atoms with Gasteiger partial charge in [0.2, 0.25) is 0 Å². The molecule has 2 atom stereocenters. The van der Waals surface area contributed by atoms with Crippen molar-refractivity contribution in [2.45, 2.75) is 76.7 Å². The van der Waals surface area contributed by atoms with Gasteiger partial charge in [-0.3, -0.25) is 19.6 Å². The molecule has 1 aliphatic carbocycles. The summed E-state index contributed by atoms with van der Waals surface area (Å²) in [6, 6.07) is 10.0. The van der Waals surface area contributed by atoms with Crippen LogP contribution in [-0.4, -0.2) is 63.0 Å². The van der Waals surface area contributed by atoms with Gasteiger partial charge in [0.25, 0.3) is 11.8 Å². The molecule has 0 saturated heterocycles. The number of hydrogen-bond acceptors (Lipinski definition) is 5. The van der Waals surface area contributed by atoms with E-state index >= 15 is 0 Å². The van der Waals surface area contributed by atoms with Crippen LogP contribution in [0, 0.1) is 6.92 Å². The molecular weight excluding hydrogens is 418 g/mol. The SMILES string of the molecule is Cc1ccc(CCNC(=O)c2cc3n(n2)CC(C)(C(O)NC2CCCCC2)N(C)C3=O)cc1. The Balaban J connectivity index is 1.41. The van der Waals surface area contributed by atoms with Gasteiger partial charge in [-0.2, -0.15) is 5.10 Å². The zero-order valence-corrected chi connectivity index (χ0v) is 19.8. The lowest BCUT2D eigenvalue weighted by Gasteiger charge is -2.46. The maximum absolute atomic E-state index is 13.1. The number of aromatic nitrogens is 2. The molecule has 2 amide bonds. The number of amides is 2. The van der Waals surface area contributed by atoms with Crippen molar-refractivity contribution in [3.05, 3.63) is 52.8 Å². The quantitative estimate of drug-likeness (QED) is 0.559. The fourth-order valence-corrected chi connectivity index (χ4v) is 4.74. The minimum Gasteiger partial charge on any atom is -0.376 e. The van der Waals surface area contributed by atoms with Crippen molar-refractivity contribution in [2.75, 3.05) is 13.6 Å². The van der Waals surface area contributed by atoms with Crippen molar-refractivity contribution in [2.24, 2.45) is 0 Å². The topological polar surface area (TPSA) is 99.5 Å². The van der Waals surface area contributed by atoms with Gasteiger partial charge in [0.05, 0.1) is 12.1 Å². The third-order valence-electron chi connectivity index (χ3n) is 7.18. The van der Waals surface area contributed by atoms with Gasteiger partial charge in [-0.05, 0) is 38.7 Å². The Morgan fingerprint density at radius 2 is 1.94 bits per heavy atom. The number of benzene rings is 1. The van der Waals surface area contributed by atoms with Crippen LogP contribution in [0.5, 0.6) is 0 Å². The third kappa shape index (κ3) is 4.96. The molecule has 1 aromatic carbocycles. The summed E-state index contributed by atoms with van der Waals surface area (Å²) < 4.78 is 1.56. The molecule has 1 saturated carbocycles. The first-order chi connectivity index (χ1) is 15.8. The molecule has 33 heavy (non-hydrogen) atoms. The van der Waals surface area contributed by atoms with E-state index in [-0.39, 0.29) is 23.6 Å². The summed E-state index contributed by atoms with van der Waals surface area (Å²) in [7, 11) is 1.70. The van der Waals surface area contributed by atoms with E-state index in [2.05, 4.69) is 40.0 Å². The molecule has 3 N–H and O–H groups in total. The maximum atomic E-state index is 13.1. The highest BCUT2D eigenvalue weighted by molar-refractivity contribution is 5.98. The van der Waals surface area contributed by atoms with Crippen molar-refractivity contribution in [3.63, 3.8) is 0 Å². The average molecular weight is 454 g/mol. The lowest BCUT2D eigenvalue weighted by molar-refractivity contribution is -0.0449. The summed E-state index contributed by atoms with van der Waals surface area (Å²) >= 11 is 0. The van der Waals surface area contributed by atoms with Crippen molar-refractivity contribution in [1.82, 2.24) is 25.3 Å². The number of hydrogen-bond donors (Lipinski definition) is 3. The lowest BCUT2D eigenvalue weighted by Crippen LogP contribution is -2.66. The summed E-state index contributed by atoms with van der Waals surface area (Å²) in [4.78, 5) is 27.3. The molecule has 2 aromatic rings. The van der Waals surface area contributed by atoms with Crippen molar-refractivity contribution >= 4 is 11.8 Å². The van der Waals surface area contributed by atoms with E-state index < -0.39 is 11.8 Å². The van der Waals surface area contributed by atoms with E-state index in [0.29, 0.717) is 18.8 Å². The number of carbonyl (C=O) groups excluding carboxylic acids is 2. The fraction of sp³-hybridized carbons (Fsp3) is 0.560. The molecule has 2 aliphatic rings. The molecule has 1 aliphatic heterocycles. The van der Waals surface area contributed by atoms with Gasteiger partial charge in [-0.1, -0.05) is 49.1 Å². The van der Waals surface area contributed by atoms with Crippen LogP contribution in [0.25, 0.3) is 0 Å². The summed E-state index contributed by atoms with van der Waals surface area (Å²) in [5, 5.41) is 21.7. The largest absolute Gasteiger partial charge is 0.376 e. The zero-order chi connectivity index (χ0) is 23.6. The fourth-order valence-electron chi connectivity index (χ4n) is 4.74. The van der Waals surface area contributed by atoms with Crippen LogP contribution >= 0.6 is 0 Å². The number of fused-ring (bicyclic) bond motifs is 1. The molecule has 1 fully saturated rings. The Labute approximate surface area is 195 Å². The molecule has 178 valence electrons. The second-order valence-corrected chi connectivity index (χ2v) is 9.69. The molecule has 8 heteroatoms. The van der Waals surface area contributed by atoms with Gasteiger partial charge < -0.3 is 15.3 Å². The van der Waals surface area contributed by atoms with Crippen LogP contribution in [0.3, 0.4) is 0 Å². The molecule has 8 nitrogen and oxygen atoms in total. The normalized spacial score (nSPS) is 22.2. The van der Waals surface area contributed by atoms with Gasteiger partial charge in [-0.15, -0.1) is 0 Å². The van der Waals surface area contributed by atoms with Crippen LogP contribution in [-0.2, 0) is 13.0 Å². The van der Waals surface area contributed by atoms with E-state index in [0.717, 1.165) is 37.7 Å². The van der Waals surface area contributed by atoms with Gasteiger partial charge in [0.1, 0.15) is 11.9 Å². The molecule has 0 radical (unpaired) electrons. The molecule has 0 bridgehead atoms. The van der Waals surface area contributed by atoms with E-state index in [9.17, 15) is 14.7 Å². The van der Waals surface area contributed by atoms with E-state index in [1.54, 1.807) is 22.7 Å². The molecule has 1 aromatic heterocycles. The van der Waals surface area contributed by atoms with Crippen LogP contribution in [0.4, 0.5) is 0 Å². The van der Waals surface area contributed by atoms with Crippen LogP contribution in [0.2, 0.25) is 0 Å². The minimum absolute atomic E-state index is 0.217. The molecular formula is C25H35N5O3. The van der Waals surface area contributed by atoms with Crippen molar-refractivity contribution < 1.29 is 14.7 Å². The Bertz CT molecular complexity index is 996. The molecule has 2 unspecified atom stereocenters. The van der Waals surface area contributed by atoms with E-state index in [1.807, 2.05) is 13.8 Å². The molecule has 4 rings (SSSR count). The number of carbonyl (C=O) groups is 2. The number of aliphatic hydroxyl groups is 1. The van der Waals surface area contributed by atoms with Crippen LogP contribution in [0.1, 0.15) is 71.1 Å². The summed E-state index contributed by atoms with van der Waals surface area (Å²) in [6.45, 7) is 4.69. The number of aryl methyl sites for hydroxylation is 1. The summed E-state index contributed by atoms with van der Waals surface area (Å²) in [5.74, 6) is -0.554. The van der Waals surface area contributed by atoms with Gasteiger partial charge >= 0.3 is 0 Å².